The molecule has 1 fully saturated rings. The van der Waals surface area contributed by atoms with Crippen molar-refractivity contribution >= 4 is 17.2 Å². The second kappa shape index (κ2) is 8.97. The van der Waals surface area contributed by atoms with Gasteiger partial charge in [0.05, 0.1) is 13.2 Å². The highest BCUT2D eigenvalue weighted by Gasteiger charge is 2.25. The SMILES string of the molecule is COc1ccccc1CNC(=O)CCN1CCCC[C@@H]1c1nccs1. The number of hydrogen-bond donors (Lipinski definition) is 1. The highest BCUT2D eigenvalue weighted by Crippen LogP contribution is 2.31. The van der Waals surface area contributed by atoms with E-state index in [9.17, 15) is 4.79 Å². The summed E-state index contributed by atoms with van der Waals surface area (Å²) in [6.45, 7) is 2.32. The van der Waals surface area contributed by atoms with E-state index < -0.39 is 0 Å². The zero-order valence-corrected chi connectivity index (χ0v) is 15.4. The molecule has 1 aliphatic rings. The minimum absolute atomic E-state index is 0.0781. The van der Waals surface area contributed by atoms with Crippen molar-refractivity contribution in [2.45, 2.75) is 38.3 Å². The van der Waals surface area contributed by atoms with Crippen molar-refractivity contribution in [2.24, 2.45) is 0 Å². The van der Waals surface area contributed by atoms with Crippen molar-refractivity contribution in [3.63, 3.8) is 0 Å². The number of thiazole rings is 1. The molecular formula is C19H25N3O2S. The van der Waals surface area contributed by atoms with E-state index in [1.807, 2.05) is 35.8 Å². The van der Waals surface area contributed by atoms with E-state index in [2.05, 4.69) is 15.2 Å². The van der Waals surface area contributed by atoms with Crippen LogP contribution in [-0.2, 0) is 11.3 Å². The molecule has 1 atom stereocenters. The molecule has 1 amide bonds. The van der Waals surface area contributed by atoms with Crippen LogP contribution >= 0.6 is 11.3 Å². The van der Waals surface area contributed by atoms with E-state index in [1.54, 1.807) is 18.4 Å². The first kappa shape index (κ1) is 17.9. The van der Waals surface area contributed by atoms with Gasteiger partial charge in [0, 0.05) is 36.7 Å². The van der Waals surface area contributed by atoms with Gasteiger partial charge in [-0.25, -0.2) is 4.98 Å². The summed E-state index contributed by atoms with van der Waals surface area (Å²) in [5, 5.41) is 6.21. The van der Waals surface area contributed by atoms with Crippen LogP contribution in [0.2, 0.25) is 0 Å². The molecule has 0 saturated carbocycles. The molecule has 1 aromatic carbocycles. The molecule has 0 bridgehead atoms. The summed E-state index contributed by atoms with van der Waals surface area (Å²) >= 11 is 1.71. The number of hydrogen-bond acceptors (Lipinski definition) is 5. The smallest absolute Gasteiger partial charge is 0.221 e. The van der Waals surface area contributed by atoms with Gasteiger partial charge in [-0.2, -0.15) is 0 Å². The first-order valence-corrected chi connectivity index (χ1v) is 9.68. The maximum Gasteiger partial charge on any atom is 0.221 e. The molecule has 6 heteroatoms. The number of amides is 1. The average molecular weight is 359 g/mol. The molecule has 0 spiro atoms. The molecule has 134 valence electrons. The maximum absolute atomic E-state index is 12.3. The molecule has 0 radical (unpaired) electrons. The number of aromatic nitrogens is 1. The number of rotatable bonds is 7. The Labute approximate surface area is 153 Å². The molecule has 2 aromatic rings. The molecule has 0 unspecified atom stereocenters. The zero-order valence-electron chi connectivity index (χ0n) is 14.6. The van der Waals surface area contributed by atoms with Gasteiger partial charge in [-0.05, 0) is 25.5 Å². The molecule has 1 aliphatic heterocycles. The van der Waals surface area contributed by atoms with E-state index in [-0.39, 0.29) is 5.91 Å². The third-order valence-electron chi connectivity index (χ3n) is 4.64. The molecule has 3 rings (SSSR count). The molecule has 1 saturated heterocycles. The molecule has 1 aromatic heterocycles. The molecule has 0 aliphatic carbocycles. The van der Waals surface area contributed by atoms with Crippen molar-refractivity contribution in [3.05, 3.63) is 46.4 Å². The zero-order chi connectivity index (χ0) is 17.5. The van der Waals surface area contributed by atoms with Gasteiger partial charge >= 0.3 is 0 Å². The van der Waals surface area contributed by atoms with Crippen LogP contribution in [-0.4, -0.2) is 36.0 Å². The number of methoxy groups -OCH3 is 1. The number of piperidine rings is 1. The number of carbonyl (C=O) groups excluding carboxylic acids is 1. The lowest BCUT2D eigenvalue weighted by Gasteiger charge is -2.34. The maximum atomic E-state index is 12.3. The van der Waals surface area contributed by atoms with E-state index in [0.717, 1.165) is 30.8 Å². The Hall–Kier alpha value is -1.92. The van der Waals surface area contributed by atoms with Crippen LogP contribution in [0, 0.1) is 0 Å². The summed E-state index contributed by atoms with van der Waals surface area (Å²) in [5.41, 5.74) is 0.997. The second-order valence-corrected chi connectivity index (χ2v) is 7.18. The van der Waals surface area contributed by atoms with Crippen molar-refractivity contribution in [1.29, 1.82) is 0 Å². The van der Waals surface area contributed by atoms with Crippen molar-refractivity contribution in [1.82, 2.24) is 15.2 Å². The third-order valence-corrected chi connectivity index (χ3v) is 5.52. The average Bonchev–Trinajstić information content (AvgIpc) is 3.19. The number of likely N-dealkylation sites (tertiary alicyclic amines) is 1. The fraction of sp³-hybridized carbons (Fsp3) is 0.474. The first-order valence-electron chi connectivity index (χ1n) is 8.80. The van der Waals surface area contributed by atoms with Gasteiger partial charge in [-0.15, -0.1) is 11.3 Å². The highest BCUT2D eigenvalue weighted by atomic mass is 32.1. The number of para-hydroxylation sites is 1. The topological polar surface area (TPSA) is 54.5 Å². The van der Waals surface area contributed by atoms with Gasteiger partial charge in [-0.3, -0.25) is 9.69 Å². The monoisotopic (exact) mass is 359 g/mol. The van der Waals surface area contributed by atoms with Gasteiger partial charge in [0.1, 0.15) is 10.8 Å². The largest absolute Gasteiger partial charge is 0.496 e. The van der Waals surface area contributed by atoms with Gasteiger partial charge in [-0.1, -0.05) is 24.6 Å². The van der Waals surface area contributed by atoms with Crippen LogP contribution < -0.4 is 10.1 Å². The lowest BCUT2D eigenvalue weighted by Crippen LogP contribution is -2.36. The lowest BCUT2D eigenvalue weighted by atomic mass is 10.0. The van der Waals surface area contributed by atoms with Gasteiger partial charge in [0.15, 0.2) is 0 Å². The molecule has 2 heterocycles. The van der Waals surface area contributed by atoms with Gasteiger partial charge in [0.25, 0.3) is 0 Å². The van der Waals surface area contributed by atoms with Crippen LogP contribution in [0.25, 0.3) is 0 Å². The second-order valence-electron chi connectivity index (χ2n) is 6.26. The Morgan fingerprint density at radius 3 is 3.08 bits per heavy atom. The van der Waals surface area contributed by atoms with Gasteiger partial charge < -0.3 is 10.1 Å². The van der Waals surface area contributed by atoms with Crippen molar-refractivity contribution in [3.8, 4) is 5.75 Å². The Morgan fingerprint density at radius 2 is 2.28 bits per heavy atom. The summed E-state index contributed by atoms with van der Waals surface area (Å²) in [4.78, 5) is 19.1. The number of ether oxygens (including phenoxy) is 1. The Bertz CT molecular complexity index is 675. The molecule has 5 nitrogen and oxygen atoms in total. The predicted octanol–water partition coefficient (Wildman–Crippen LogP) is 3.39. The normalized spacial score (nSPS) is 18.0. The highest BCUT2D eigenvalue weighted by molar-refractivity contribution is 7.09. The first-order chi connectivity index (χ1) is 12.3. The minimum Gasteiger partial charge on any atom is -0.496 e. The van der Waals surface area contributed by atoms with E-state index >= 15 is 0 Å². The minimum atomic E-state index is 0.0781. The Kier molecular flexibility index (Phi) is 6.42. The van der Waals surface area contributed by atoms with E-state index in [4.69, 9.17) is 4.74 Å². The number of carbonyl (C=O) groups is 1. The number of benzene rings is 1. The summed E-state index contributed by atoms with van der Waals surface area (Å²) in [7, 11) is 1.65. The Balaban J connectivity index is 1.49. The van der Waals surface area contributed by atoms with Crippen molar-refractivity contribution in [2.75, 3.05) is 20.2 Å². The predicted molar refractivity (Wildman–Crippen MR) is 99.7 cm³/mol. The van der Waals surface area contributed by atoms with E-state index in [1.165, 1.54) is 17.8 Å². The summed E-state index contributed by atoms with van der Waals surface area (Å²) in [6.07, 6.45) is 5.95. The van der Waals surface area contributed by atoms with E-state index in [0.29, 0.717) is 19.0 Å². The Morgan fingerprint density at radius 1 is 1.40 bits per heavy atom. The third kappa shape index (κ3) is 4.80. The van der Waals surface area contributed by atoms with Crippen LogP contribution in [0.3, 0.4) is 0 Å². The number of nitrogens with zero attached hydrogens (tertiary/aromatic N) is 2. The summed E-state index contributed by atoms with van der Waals surface area (Å²) < 4.78 is 5.32. The van der Waals surface area contributed by atoms with Crippen LogP contribution in [0.4, 0.5) is 0 Å². The summed E-state index contributed by atoms with van der Waals surface area (Å²) in [5.74, 6) is 0.886. The van der Waals surface area contributed by atoms with Crippen LogP contribution in [0.15, 0.2) is 35.8 Å². The number of nitrogens with one attached hydrogen (secondary N) is 1. The fourth-order valence-corrected chi connectivity index (χ4v) is 4.12. The van der Waals surface area contributed by atoms with Crippen LogP contribution in [0.1, 0.15) is 42.3 Å². The quantitative estimate of drug-likeness (QED) is 0.823. The lowest BCUT2D eigenvalue weighted by molar-refractivity contribution is -0.121. The van der Waals surface area contributed by atoms with Crippen molar-refractivity contribution < 1.29 is 9.53 Å². The van der Waals surface area contributed by atoms with Crippen LogP contribution in [0.5, 0.6) is 5.75 Å². The molecular weight excluding hydrogens is 334 g/mol. The molecule has 1 N–H and O–H groups in total. The fourth-order valence-electron chi connectivity index (χ4n) is 3.31. The molecule has 25 heavy (non-hydrogen) atoms. The van der Waals surface area contributed by atoms with Gasteiger partial charge in [0.2, 0.25) is 5.91 Å². The standard InChI is InChI=1S/C19H25N3O2S/c1-24-17-8-3-2-6-15(17)14-21-18(23)9-12-22-11-5-4-7-16(22)19-20-10-13-25-19/h2-3,6,8,10,13,16H,4-5,7,9,11-12,14H2,1H3,(H,21,23)/t16-/m1/s1. The summed E-state index contributed by atoms with van der Waals surface area (Å²) in [6, 6.07) is 8.14.